The van der Waals surface area contributed by atoms with Crippen LogP contribution >= 0.6 is 0 Å². The molecule has 0 amide bonds. The van der Waals surface area contributed by atoms with Crippen LogP contribution in [0.15, 0.2) is 36.5 Å². The first-order valence-corrected chi connectivity index (χ1v) is 10.8. The number of benzene rings is 1. The first-order chi connectivity index (χ1) is 15.0. The zero-order valence-electron chi connectivity index (χ0n) is 18.2. The summed E-state index contributed by atoms with van der Waals surface area (Å²) in [4.78, 5) is 29.3. The quantitative estimate of drug-likeness (QED) is 0.610. The van der Waals surface area contributed by atoms with Gasteiger partial charge in [0.05, 0.1) is 19.8 Å². The molecule has 1 aromatic heterocycles. The van der Waals surface area contributed by atoms with Gasteiger partial charge in [0.2, 0.25) is 0 Å². The van der Waals surface area contributed by atoms with E-state index in [0.717, 1.165) is 49.2 Å². The van der Waals surface area contributed by atoms with Crippen LogP contribution in [-0.2, 0) is 9.53 Å². The summed E-state index contributed by atoms with van der Waals surface area (Å²) in [6.07, 6.45) is 4.52. The molecule has 7 nitrogen and oxygen atoms in total. The van der Waals surface area contributed by atoms with Crippen LogP contribution in [0.2, 0.25) is 0 Å². The smallest absolute Gasteiger partial charge is 0.355 e. The second-order valence-corrected chi connectivity index (χ2v) is 7.80. The molecule has 7 heteroatoms. The molecule has 0 aliphatic carbocycles. The van der Waals surface area contributed by atoms with Crippen molar-refractivity contribution in [1.82, 2.24) is 9.88 Å². The van der Waals surface area contributed by atoms with Crippen LogP contribution in [0.3, 0.4) is 0 Å². The molecule has 1 fully saturated rings. The fraction of sp³-hybridized carbons (Fsp3) is 0.458. The lowest BCUT2D eigenvalue weighted by atomic mass is 9.94. The second kappa shape index (κ2) is 10.9. The lowest BCUT2D eigenvalue weighted by Gasteiger charge is -2.31. The number of hydrogen-bond donors (Lipinski definition) is 1. The molecule has 1 saturated heterocycles. The minimum atomic E-state index is -1.05. The predicted octanol–water partition coefficient (Wildman–Crippen LogP) is 3.80. The predicted molar refractivity (Wildman–Crippen MR) is 117 cm³/mol. The average molecular weight is 427 g/mol. The number of ether oxygens (including phenoxy) is 2. The molecule has 1 aromatic carbocycles. The Labute approximate surface area is 183 Å². The number of likely N-dealkylation sites (tertiary alicyclic amines) is 1. The number of rotatable bonds is 9. The maximum Gasteiger partial charge on any atom is 0.355 e. The Morgan fingerprint density at radius 2 is 1.90 bits per heavy atom. The number of carboxylic acid groups (broad SMARTS) is 1. The van der Waals surface area contributed by atoms with Crippen molar-refractivity contribution in [2.75, 3.05) is 32.8 Å². The Morgan fingerprint density at radius 1 is 1.16 bits per heavy atom. The molecular formula is C24H30N2O5. The van der Waals surface area contributed by atoms with E-state index >= 15 is 0 Å². The van der Waals surface area contributed by atoms with Gasteiger partial charge in [-0.05, 0) is 75.4 Å². The van der Waals surface area contributed by atoms with E-state index in [9.17, 15) is 14.7 Å². The van der Waals surface area contributed by atoms with Gasteiger partial charge in [0, 0.05) is 11.8 Å². The van der Waals surface area contributed by atoms with Crippen LogP contribution in [0.5, 0.6) is 5.75 Å². The van der Waals surface area contributed by atoms with Crippen molar-refractivity contribution in [3.05, 3.63) is 47.8 Å². The third-order valence-electron chi connectivity index (χ3n) is 5.73. The van der Waals surface area contributed by atoms with Crippen LogP contribution in [0.4, 0.5) is 0 Å². The Hall–Kier alpha value is -2.93. The van der Waals surface area contributed by atoms with E-state index in [1.54, 1.807) is 12.1 Å². The molecule has 1 N–H and O–H groups in total. The summed E-state index contributed by atoms with van der Waals surface area (Å²) >= 11 is 0. The molecule has 0 radical (unpaired) electrons. The third kappa shape index (κ3) is 6.04. The molecular weight excluding hydrogens is 396 g/mol. The number of carboxylic acids is 1. The minimum Gasteiger partial charge on any atom is -0.493 e. The molecule has 0 unspecified atom stereocenters. The lowest BCUT2D eigenvalue weighted by Crippen LogP contribution is -2.38. The zero-order valence-corrected chi connectivity index (χ0v) is 18.2. The first kappa shape index (κ1) is 22.7. The summed E-state index contributed by atoms with van der Waals surface area (Å²) in [5, 5.41) is 9.44. The monoisotopic (exact) mass is 426 g/mol. The maximum absolute atomic E-state index is 11.6. The minimum absolute atomic E-state index is 0.0392. The van der Waals surface area contributed by atoms with E-state index in [-0.39, 0.29) is 11.7 Å². The molecule has 0 bridgehead atoms. The number of piperidine rings is 1. The lowest BCUT2D eigenvalue weighted by molar-refractivity contribution is -0.144. The number of aromatic nitrogens is 1. The Bertz CT molecular complexity index is 907. The largest absolute Gasteiger partial charge is 0.493 e. The van der Waals surface area contributed by atoms with Gasteiger partial charge in [0.25, 0.3) is 0 Å². The van der Waals surface area contributed by atoms with Gasteiger partial charge in [-0.3, -0.25) is 9.69 Å². The standard InChI is InChI=1S/C24H30N2O5/c1-3-30-22(27)16-26-13-9-18(10-14-26)11-15-31-21-8-4-6-19(17(21)2)20-7-5-12-25-23(20)24(28)29/h4-8,12,18H,3,9-11,13-16H2,1-2H3,(H,28,29). The van der Waals surface area contributed by atoms with Gasteiger partial charge in [-0.1, -0.05) is 18.2 Å². The summed E-state index contributed by atoms with van der Waals surface area (Å²) in [7, 11) is 0. The summed E-state index contributed by atoms with van der Waals surface area (Å²) in [5.74, 6) is 0.131. The van der Waals surface area contributed by atoms with E-state index in [1.807, 2.05) is 32.0 Å². The highest BCUT2D eigenvalue weighted by Crippen LogP contribution is 2.32. The van der Waals surface area contributed by atoms with Crippen molar-refractivity contribution in [1.29, 1.82) is 0 Å². The van der Waals surface area contributed by atoms with Crippen molar-refractivity contribution in [2.24, 2.45) is 5.92 Å². The molecule has 1 aliphatic heterocycles. The van der Waals surface area contributed by atoms with Crippen LogP contribution in [0, 0.1) is 12.8 Å². The van der Waals surface area contributed by atoms with Crippen molar-refractivity contribution >= 4 is 11.9 Å². The summed E-state index contributed by atoms with van der Waals surface area (Å²) in [6, 6.07) is 9.20. The maximum atomic E-state index is 11.6. The molecule has 0 spiro atoms. The number of nitrogens with zero attached hydrogens (tertiary/aromatic N) is 2. The van der Waals surface area contributed by atoms with Crippen molar-refractivity contribution in [2.45, 2.75) is 33.1 Å². The van der Waals surface area contributed by atoms with Gasteiger partial charge in [-0.2, -0.15) is 0 Å². The van der Waals surface area contributed by atoms with Gasteiger partial charge in [0.1, 0.15) is 5.75 Å². The number of pyridine rings is 1. The summed E-state index contributed by atoms with van der Waals surface area (Å²) in [6.45, 7) is 6.96. The van der Waals surface area contributed by atoms with Gasteiger partial charge >= 0.3 is 11.9 Å². The SMILES string of the molecule is CCOC(=O)CN1CCC(CCOc2cccc(-c3cccnc3C(=O)O)c2C)CC1. The molecule has 166 valence electrons. The molecule has 2 heterocycles. The van der Waals surface area contributed by atoms with E-state index in [1.165, 1.54) is 6.20 Å². The highest BCUT2D eigenvalue weighted by molar-refractivity contribution is 5.94. The molecule has 1 aliphatic rings. The zero-order chi connectivity index (χ0) is 22.2. The topological polar surface area (TPSA) is 89.0 Å². The van der Waals surface area contributed by atoms with E-state index in [0.29, 0.717) is 31.2 Å². The van der Waals surface area contributed by atoms with Crippen molar-refractivity contribution < 1.29 is 24.2 Å². The highest BCUT2D eigenvalue weighted by atomic mass is 16.5. The van der Waals surface area contributed by atoms with Crippen LogP contribution < -0.4 is 4.74 Å². The second-order valence-electron chi connectivity index (χ2n) is 7.80. The summed E-state index contributed by atoms with van der Waals surface area (Å²) in [5.41, 5.74) is 2.35. The molecule has 2 aromatic rings. The molecule has 3 rings (SSSR count). The number of hydrogen-bond acceptors (Lipinski definition) is 6. The average Bonchev–Trinajstić information content (AvgIpc) is 2.76. The Kier molecular flexibility index (Phi) is 8.00. The Morgan fingerprint density at radius 3 is 2.61 bits per heavy atom. The van der Waals surface area contributed by atoms with Crippen molar-refractivity contribution in [3.8, 4) is 16.9 Å². The summed E-state index contributed by atoms with van der Waals surface area (Å²) < 4.78 is 11.1. The number of carbonyl (C=O) groups is 2. The third-order valence-corrected chi connectivity index (χ3v) is 5.73. The van der Waals surface area contributed by atoms with Crippen molar-refractivity contribution in [3.63, 3.8) is 0 Å². The Balaban J connectivity index is 1.54. The van der Waals surface area contributed by atoms with Gasteiger partial charge in [0.15, 0.2) is 5.69 Å². The highest BCUT2D eigenvalue weighted by Gasteiger charge is 2.21. The first-order valence-electron chi connectivity index (χ1n) is 10.8. The number of aromatic carboxylic acids is 1. The molecule has 0 atom stereocenters. The molecule has 31 heavy (non-hydrogen) atoms. The van der Waals surface area contributed by atoms with Gasteiger partial charge in [-0.25, -0.2) is 9.78 Å². The van der Waals surface area contributed by atoms with Crippen LogP contribution in [0.25, 0.3) is 11.1 Å². The van der Waals surface area contributed by atoms with Gasteiger partial charge < -0.3 is 14.6 Å². The van der Waals surface area contributed by atoms with Crippen LogP contribution in [0.1, 0.15) is 42.2 Å². The fourth-order valence-corrected chi connectivity index (χ4v) is 4.01. The van der Waals surface area contributed by atoms with Gasteiger partial charge in [-0.15, -0.1) is 0 Å². The van der Waals surface area contributed by atoms with E-state index < -0.39 is 5.97 Å². The van der Waals surface area contributed by atoms with Crippen LogP contribution in [-0.4, -0.2) is 59.8 Å². The van der Waals surface area contributed by atoms with E-state index in [2.05, 4.69) is 9.88 Å². The molecule has 0 saturated carbocycles. The van der Waals surface area contributed by atoms with E-state index in [4.69, 9.17) is 9.47 Å². The number of carbonyl (C=O) groups excluding carboxylic acids is 1. The normalized spacial score (nSPS) is 14.9. The fourth-order valence-electron chi connectivity index (χ4n) is 4.01. The number of esters is 1.